The van der Waals surface area contributed by atoms with Crippen LogP contribution in [-0.4, -0.2) is 30.4 Å². The van der Waals surface area contributed by atoms with Gasteiger partial charge in [0, 0.05) is 18.7 Å². The Kier molecular flexibility index (Phi) is 4.75. The van der Waals surface area contributed by atoms with Crippen LogP contribution in [0.4, 0.5) is 4.39 Å². The number of nitrogens with two attached hydrogens (primary N) is 1. The minimum absolute atomic E-state index is 0.0999. The molecule has 0 aliphatic carbocycles. The fourth-order valence-corrected chi connectivity index (χ4v) is 2.46. The highest BCUT2D eigenvalue weighted by atomic mass is 19.1. The summed E-state index contributed by atoms with van der Waals surface area (Å²) in [6.45, 7) is 3.74. The molecule has 1 saturated heterocycles. The third kappa shape index (κ3) is 3.37. The van der Waals surface area contributed by atoms with Gasteiger partial charge in [0.1, 0.15) is 5.82 Å². The average Bonchev–Trinajstić information content (AvgIpc) is 2.45. The number of piperidine rings is 1. The predicted molar refractivity (Wildman–Crippen MR) is 76.6 cm³/mol. The third-order valence-electron chi connectivity index (χ3n) is 3.48. The van der Waals surface area contributed by atoms with E-state index in [9.17, 15) is 9.18 Å². The molecule has 2 rings (SSSR count). The number of nitrogens with zero attached hydrogens (tertiary/aromatic N) is 1. The number of hydrogen-bond acceptors (Lipinski definition) is 2. The maximum Gasteiger partial charge on any atom is 0.256 e. The molecule has 1 aromatic rings. The first-order valence-electron chi connectivity index (χ1n) is 6.89. The number of carbonyl (C=O) groups excluding carboxylic acids is 1. The van der Waals surface area contributed by atoms with Crippen LogP contribution in [0.3, 0.4) is 0 Å². The van der Waals surface area contributed by atoms with Gasteiger partial charge in [0.25, 0.3) is 5.91 Å². The molecule has 0 saturated carbocycles. The van der Waals surface area contributed by atoms with Crippen molar-refractivity contribution in [3.05, 3.63) is 35.1 Å². The summed E-state index contributed by atoms with van der Waals surface area (Å²) in [5, 5.41) is 0. The summed E-state index contributed by atoms with van der Waals surface area (Å²) < 4.78 is 13.9. The highest BCUT2D eigenvalue weighted by Gasteiger charge is 2.24. The average molecular weight is 274 g/mol. The zero-order valence-corrected chi connectivity index (χ0v) is 11.7. The van der Waals surface area contributed by atoms with Crippen LogP contribution in [0.5, 0.6) is 0 Å². The summed E-state index contributed by atoms with van der Waals surface area (Å²) in [5.74, 6) is 5.26. The molecule has 20 heavy (non-hydrogen) atoms. The zero-order valence-electron chi connectivity index (χ0n) is 11.7. The third-order valence-corrected chi connectivity index (χ3v) is 3.48. The summed E-state index contributed by atoms with van der Waals surface area (Å²) in [6.07, 6.45) is 2.09. The molecule has 1 heterocycles. The Bertz CT molecular complexity index is 559. The highest BCUT2D eigenvalue weighted by Crippen LogP contribution is 2.19. The van der Waals surface area contributed by atoms with Crippen molar-refractivity contribution in [3.8, 4) is 11.8 Å². The van der Waals surface area contributed by atoms with E-state index in [1.807, 2.05) is 0 Å². The van der Waals surface area contributed by atoms with E-state index in [1.54, 1.807) is 11.0 Å². The summed E-state index contributed by atoms with van der Waals surface area (Å²) in [7, 11) is 0. The first-order chi connectivity index (χ1) is 9.61. The van der Waals surface area contributed by atoms with Crippen molar-refractivity contribution in [2.45, 2.75) is 19.8 Å². The van der Waals surface area contributed by atoms with Crippen molar-refractivity contribution >= 4 is 5.91 Å². The van der Waals surface area contributed by atoms with E-state index in [0.29, 0.717) is 24.6 Å². The van der Waals surface area contributed by atoms with Gasteiger partial charge in [-0.2, -0.15) is 0 Å². The van der Waals surface area contributed by atoms with Crippen LogP contribution >= 0.6 is 0 Å². The number of benzene rings is 1. The topological polar surface area (TPSA) is 46.3 Å². The van der Waals surface area contributed by atoms with Crippen LogP contribution in [0.1, 0.15) is 35.7 Å². The Morgan fingerprint density at radius 1 is 1.55 bits per heavy atom. The van der Waals surface area contributed by atoms with Crippen molar-refractivity contribution in [2.24, 2.45) is 11.7 Å². The van der Waals surface area contributed by atoms with Crippen molar-refractivity contribution in [1.82, 2.24) is 4.90 Å². The summed E-state index contributed by atoms with van der Waals surface area (Å²) in [5.41, 5.74) is 6.03. The van der Waals surface area contributed by atoms with E-state index < -0.39 is 5.82 Å². The van der Waals surface area contributed by atoms with E-state index in [1.165, 1.54) is 12.1 Å². The van der Waals surface area contributed by atoms with Crippen LogP contribution in [0.2, 0.25) is 0 Å². The normalized spacial score (nSPS) is 18.4. The van der Waals surface area contributed by atoms with Crippen molar-refractivity contribution in [2.75, 3.05) is 19.6 Å². The van der Waals surface area contributed by atoms with Crippen molar-refractivity contribution < 1.29 is 9.18 Å². The molecule has 3 nitrogen and oxygen atoms in total. The second-order valence-corrected chi connectivity index (χ2v) is 5.20. The van der Waals surface area contributed by atoms with Crippen LogP contribution in [0.15, 0.2) is 18.2 Å². The van der Waals surface area contributed by atoms with Gasteiger partial charge in [0.2, 0.25) is 0 Å². The molecule has 0 spiro atoms. The Morgan fingerprint density at radius 3 is 3.05 bits per heavy atom. The van der Waals surface area contributed by atoms with Gasteiger partial charge in [0.15, 0.2) is 0 Å². The van der Waals surface area contributed by atoms with E-state index in [2.05, 4.69) is 18.8 Å². The van der Waals surface area contributed by atoms with E-state index >= 15 is 0 Å². The summed E-state index contributed by atoms with van der Waals surface area (Å²) in [4.78, 5) is 14.1. The number of likely N-dealkylation sites (tertiary alicyclic amines) is 1. The summed E-state index contributed by atoms with van der Waals surface area (Å²) in [6, 6.07) is 4.37. The Hall–Kier alpha value is -1.86. The molecule has 1 unspecified atom stereocenters. The quantitative estimate of drug-likeness (QED) is 0.796. The van der Waals surface area contributed by atoms with E-state index in [0.717, 1.165) is 12.8 Å². The maximum absolute atomic E-state index is 13.9. The van der Waals surface area contributed by atoms with Gasteiger partial charge in [-0.15, -0.1) is 0 Å². The molecule has 2 N–H and O–H groups in total. The Labute approximate surface area is 119 Å². The minimum Gasteiger partial charge on any atom is -0.338 e. The number of hydrogen-bond donors (Lipinski definition) is 1. The smallest absolute Gasteiger partial charge is 0.256 e. The van der Waals surface area contributed by atoms with Gasteiger partial charge in [-0.3, -0.25) is 4.79 Å². The number of rotatable bonds is 1. The molecule has 1 aliphatic rings. The lowest BCUT2D eigenvalue weighted by Gasteiger charge is -2.31. The van der Waals surface area contributed by atoms with Gasteiger partial charge in [-0.1, -0.05) is 18.8 Å². The molecule has 0 bridgehead atoms. The van der Waals surface area contributed by atoms with Crippen molar-refractivity contribution in [3.63, 3.8) is 0 Å². The lowest BCUT2D eigenvalue weighted by molar-refractivity contribution is 0.0678. The van der Waals surface area contributed by atoms with Crippen LogP contribution in [0, 0.1) is 23.6 Å². The standard InChI is InChI=1S/C16H19FN2O/c1-12-4-3-9-19(11-12)16(20)14-10-13(5-2-8-18)6-7-15(14)17/h6-7,10,12H,3-4,8-9,11,18H2,1H3. The number of amides is 1. The Balaban J connectivity index is 2.24. The second kappa shape index (κ2) is 6.53. The molecule has 4 heteroatoms. The van der Waals surface area contributed by atoms with Gasteiger partial charge in [0.05, 0.1) is 12.1 Å². The second-order valence-electron chi connectivity index (χ2n) is 5.20. The number of halogens is 1. The molecular weight excluding hydrogens is 255 g/mol. The molecule has 1 aliphatic heterocycles. The first kappa shape index (κ1) is 14.5. The molecule has 0 aromatic heterocycles. The van der Waals surface area contributed by atoms with Gasteiger partial charge < -0.3 is 10.6 Å². The van der Waals surface area contributed by atoms with Gasteiger partial charge >= 0.3 is 0 Å². The van der Waals surface area contributed by atoms with Gasteiger partial charge in [-0.25, -0.2) is 4.39 Å². The fraction of sp³-hybridized carbons (Fsp3) is 0.438. The number of carbonyl (C=O) groups is 1. The molecule has 0 radical (unpaired) electrons. The van der Waals surface area contributed by atoms with E-state index in [4.69, 9.17) is 5.73 Å². The summed E-state index contributed by atoms with van der Waals surface area (Å²) >= 11 is 0. The Morgan fingerprint density at radius 2 is 2.35 bits per heavy atom. The molecular formula is C16H19FN2O. The molecule has 1 aromatic carbocycles. The molecule has 106 valence electrons. The lowest BCUT2D eigenvalue weighted by atomic mass is 9.99. The lowest BCUT2D eigenvalue weighted by Crippen LogP contribution is -2.39. The maximum atomic E-state index is 13.9. The predicted octanol–water partition coefficient (Wildman–Crippen LogP) is 2.01. The minimum atomic E-state index is -0.494. The first-order valence-corrected chi connectivity index (χ1v) is 6.89. The van der Waals surface area contributed by atoms with Gasteiger partial charge in [-0.05, 0) is 37.0 Å². The highest BCUT2D eigenvalue weighted by molar-refractivity contribution is 5.95. The largest absolute Gasteiger partial charge is 0.338 e. The van der Waals surface area contributed by atoms with Crippen LogP contribution in [0.25, 0.3) is 0 Å². The molecule has 1 amide bonds. The zero-order chi connectivity index (χ0) is 14.5. The molecule has 1 atom stereocenters. The van der Waals surface area contributed by atoms with Crippen LogP contribution < -0.4 is 5.73 Å². The monoisotopic (exact) mass is 274 g/mol. The van der Waals surface area contributed by atoms with Crippen molar-refractivity contribution in [1.29, 1.82) is 0 Å². The fourth-order valence-electron chi connectivity index (χ4n) is 2.46. The van der Waals surface area contributed by atoms with Crippen LogP contribution in [-0.2, 0) is 0 Å². The van der Waals surface area contributed by atoms with E-state index in [-0.39, 0.29) is 18.0 Å². The SMILES string of the molecule is CC1CCCN(C(=O)c2cc(C#CCN)ccc2F)C1. The molecule has 1 fully saturated rings.